The SMILES string of the molecule is COc1ccc(NC(=O)c2ccc(COC(=O)C[C@@H]3C=CS(=O)(=O)C3)cc2)cc1. The highest BCUT2D eigenvalue weighted by molar-refractivity contribution is 7.94. The summed E-state index contributed by atoms with van der Waals surface area (Å²) in [5, 5.41) is 3.93. The summed E-state index contributed by atoms with van der Waals surface area (Å²) in [6, 6.07) is 13.7. The second kappa shape index (κ2) is 8.91. The van der Waals surface area contributed by atoms with E-state index in [0.717, 1.165) is 11.0 Å². The van der Waals surface area contributed by atoms with Crippen molar-refractivity contribution < 1.29 is 27.5 Å². The molecule has 8 heteroatoms. The molecule has 0 bridgehead atoms. The highest BCUT2D eigenvalue weighted by atomic mass is 32.2. The minimum Gasteiger partial charge on any atom is -0.497 e. The van der Waals surface area contributed by atoms with E-state index < -0.39 is 15.8 Å². The van der Waals surface area contributed by atoms with Gasteiger partial charge in [-0.3, -0.25) is 9.59 Å². The van der Waals surface area contributed by atoms with Gasteiger partial charge in [-0.25, -0.2) is 8.42 Å². The van der Waals surface area contributed by atoms with Gasteiger partial charge in [0.15, 0.2) is 9.84 Å². The Labute approximate surface area is 169 Å². The first kappa shape index (κ1) is 20.6. The Hall–Kier alpha value is -3.13. The highest BCUT2D eigenvalue weighted by Crippen LogP contribution is 2.19. The Morgan fingerprint density at radius 3 is 2.34 bits per heavy atom. The van der Waals surface area contributed by atoms with Crippen LogP contribution in [0, 0.1) is 5.92 Å². The third-order valence-electron chi connectivity index (χ3n) is 4.40. The number of allylic oxidation sites excluding steroid dienone is 1. The lowest BCUT2D eigenvalue weighted by Crippen LogP contribution is -2.14. The van der Waals surface area contributed by atoms with Gasteiger partial charge in [0.1, 0.15) is 12.4 Å². The molecule has 0 fully saturated rings. The first-order chi connectivity index (χ1) is 13.8. The molecule has 1 heterocycles. The number of benzene rings is 2. The van der Waals surface area contributed by atoms with Crippen LogP contribution in [-0.4, -0.2) is 33.2 Å². The molecule has 0 aromatic heterocycles. The number of esters is 1. The van der Waals surface area contributed by atoms with Gasteiger partial charge in [0.05, 0.1) is 19.3 Å². The van der Waals surface area contributed by atoms with Gasteiger partial charge in [-0.15, -0.1) is 0 Å². The lowest BCUT2D eigenvalue weighted by molar-refractivity contribution is -0.145. The molecule has 0 saturated carbocycles. The maximum atomic E-state index is 12.3. The summed E-state index contributed by atoms with van der Waals surface area (Å²) in [5.74, 6) is -0.407. The van der Waals surface area contributed by atoms with Crippen molar-refractivity contribution >= 4 is 27.4 Å². The van der Waals surface area contributed by atoms with Crippen LogP contribution in [0.4, 0.5) is 5.69 Å². The van der Waals surface area contributed by atoms with Gasteiger partial charge in [0.25, 0.3) is 5.91 Å². The van der Waals surface area contributed by atoms with Crippen LogP contribution in [0.15, 0.2) is 60.0 Å². The quantitative estimate of drug-likeness (QED) is 0.698. The summed E-state index contributed by atoms with van der Waals surface area (Å²) in [6.07, 6.45) is 1.55. The molecule has 1 aliphatic heterocycles. The van der Waals surface area contributed by atoms with Crippen LogP contribution >= 0.6 is 0 Å². The summed E-state index contributed by atoms with van der Waals surface area (Å²) >= 11 is 0. The number of rotatable bonds is 7. The van der Waals surface area contributed by atoms with E-state index in [9.17, 15) is 18.0 Å². The van der Waals surface area contributed by atoms with Crippen LogP contribution in [0.2, 0.25) is 0 Å². The number of anilines is 1. The zero-order chi connectivity index (χ0) is 20.9. The molecule has 152 valence electrons. The van der Waals surface area contributed by atoms with Crippen molar-refractivity contribution in [2.75, 3.05) is 18.2 Å². The molecular formula is C21H21NO6S. The number of sulfone groups is 1. The molecule has 2 aromatic rings. The Morgan fingerprint density at radius 2 is 1.76 bits per heavy atom. The van der Waals surface area contributed by atoms with Crippen molar-refractivity contribution in [1.29, 1.82) is 0 Å². The number of carbonyl (C=O) groups excluding carboxylic acids is 2. The van der Waals surface area contributed by atoms with Crippen LogP contribution in [-0.2, 0) is 26.0 Å². The van der Waals surface area contributed by atoms with Crippen LogP contribution in [0.25, 0.3) is 0 Å². The van der Waals surface area contributed by atoms with Gasteiger partial charge in [-0.2, -0.15) is 0 Å². The van der Waals surface area contributed by atoms with Gasteiger partial charge >= 0.3 is 5.97 Å². The Balaban J connectivity index is 1.48. The van der Waals surface area contributed by atoms with E-state index >= 15 is 0 Å². The van der Waals surface area contributed by atoms with Crippen LogP contribution < -0.4 is 10.1 Å². The van der Waals surface area contributed by atoms with E-state index in [1.54, 1.807) is 55.6 Å². The molecule has 7 nitrogen and oxygen atoms in total. The largest absolute Gasteiger partial charge is 0.497 e. The van der Waals surface area contributed by atoms with Crippen molar-refractivity contribution in [3.8, 4) is 5.75 Å². The number of hydrogen-bond donors (Lipinski definition) is 1. The van der Waals surface area contributed by atoms with Gasteiger partial charge in [-0.05, 0) is 42.0 Å². The number of amides is 1. The summed E-state index contributed by atoms with van der Waals surface area (Å²) in [4.78, 5) is 24.2. The number of carbonyl (C=O) groups is 2. The minimum atomic E-state index is -3.18. The fourth-order valence-electron chi connectivity index (χ4n) is 2.83. The molecule has 1 N–H and O–H groups in total. The monoisotopic (exact) mass is 415 g/mol. The molecule has 1 amide bonds. The van der Waals surface area contributed by atoms with Crippen molar-refractivity contribution in [2.45, 2.75) is 13.0 Å². The van der Waals surface area contributed by atoms with Crippen molar-refractivity contribution in [1.82, 2.24) is 0 Å². The number of ether oxygens (including phenoxy) is 2. The fraction of sp³-hybridized carbons (Fsp3) is 0.238. The van der Waals surface area contributed by atoms with E-state index in [2.05, 4.69) is 5.32 Å². The van der Waals surface area contributed by atoms with E-state index in [1.807, 2.05) is 0 Å². The summed E-state index contributed by atoms with van der Waals surface area (Å²) in [5.41, 5.74) is 1.85. The zero-order valence-corrected chi connectivity index (χ0v) is 16.6. The van der Waals surface area contributed by atoms with Crippen LogP contribution in [0.5, 0.6) is 5.75 Å². The minimum absolute atomic E-state index is 0.0259. The van der Waals surface area contributed by atoms with Crippen molar-refractivity contribution in [3.05, 3.63) is 71.1 Å². The van der Waals surface area contributed by atoms with Gasteiger partial charge in [0, 0.05) is 22.6 Å². The number of hydrogen-bond acceptors (Lipinski definition) is 6. The van der Waals surface area contributed by atoms with Crippen LogP contribution in [0.3, 0.4) is 0 Å². The average Bonchev–Trinajstić information content (AvgIpc) is 3.05. The third-order valence-corrected chi connectivity index (χ3v) is 5.86. The first-order valence-electron chi connectivity index (χ1n) is 8.95. The molecule has 29 heavy (non-hydrogen) atoms. The van der Waals surface area contributed by atoms with E-state index in [4.69, 9.17) is 9.47 Å². The molecular weight excluding hydrogens is 394 g/mol. The lowest BCUT2D eigenvalue weighted by Gasteiger charge is -2.09. The molecule has 0 saturated heterocycles. The van der Waals surface area contributed by atoms with E-state index in [0.29, 0.717) is 17.0 Å². The lowest BCUT2D eigenvalue weighted by atomic mass is 10.1. The van der Waals surface area contributed by atoms with E-state index in [-0.39, 0.29) is 30.6 Å². The molecule has 0 radical (unpaired) electrons. The number of methoxy groups -OCH3 is 1. The molecule has 1 aliphatic rings. The van der Waals surface area contributed by atoms with Crippen LogP contribution in [0.1, 0.15) is 22.3 Å². The molecule has 1 atom stereocenters. The van der Waals surface area contributed by atoms with Gasteiger partial charge < -0.3 is 14.8 Å². The Morgan fingerprint density at radius 1 is 1.07 bits per heavy atom. The summed E-state index contributed by atoms with van der Waals surface area (Å²) in [6.45, 7) is 0.0579. The second-order valence-electron chi connectivity index (χ2n) is 6.66. The fourth-order valence-corrected chi connectivity index (χ4v) is 4.23. The topological polar surface area (TPSA) is 98.8 Å². The van der Waals surface area contributed by atoms with E-state index in [1.165, 1.54) is 6.08 Å². The smallest absolute Gasteiger partial charge is 0.306 e. The summed E-state index contributed by atoms with van der Waals surface area (Å²) < 4.78 is 33.0. The predicted octanol–water partition coefficient (Wildman–Crippen LogP) is 2.94. The zero-order valence-electron chi connectivity index (χ0n) is 15.8. The summed E-state index contributed by atoms with van der Waals surface area (Å²) in [7, 11) is -1.61. The van der Waals surface area contributed by atoms with Gasteiger partial charge in [0.2, 0.25) is 0 Å². The normalized spacial score (nSPS) is 16.9. The highest BCUT2D eigenvalue weighted by Gasteiger charge is 2.24. The molecule has 0 spiro atoms. The molecule has 0 aliphatic carbocycles. The Kier molecular flexibility index (Phi) is 6.33. The maximum Gasteiger partial charge on any atom is 0.306 e. The predicted molar refractivity (Wildman–Crippen MR) is 108 cm³/mol. The third kappa shape index (κ3) is 5.92. The van der Waals surface area contributed by atoms with Crippen molar-refractivity contribution in [3.63, 3.8) is 0 Å². The molecule has 2 aromatic carbocycles. The van der Waals surface area contributed by atoms with Gasteiger partial charge in [-0.1, -0.05) is 18.2 Å². The molecule has 0 unspecified atom stereocenters. The molecule has 3 rings (SSSR count). The maximum absolute atomic E-state index is 12.3. The van der Waals surface area contributed by atoms with Crippen molar-refractivity contribution in [2.24, 2.45) is 5.92 Å². The standard InChI is InChI=1S/C21H21NO6S/c1-27-19-8-6-18(7-9-19)22-21(24)17-4-2-15(3-5-17)13-28-20(23)12-16-10-11-29(25,26)14-16/h2-11,16H,12-14H2,1H3,(H,22,24)/t16-/m0/s1. The Bertz CT molecular complexity index is 1010. The number of nitrogens with one attached hydrogen (secondary N) is 1. The first-order valence-corrected chi connectivity index (χ1v) is 10.7. The second-order valence-corrected chi connectivity index (χ2v) is 8.59. The average molecular weight is 415 g/mol.